The van der Waals surface area contributed by atoms with Crippen LogP contribution in [0.3, 0.4) is 0 Å². The summed E-state index contributed by atoms with van der Waals surface area (Å²) in [6.07, 6.45) is 1.52. The van der Waals surface area contributed by atoms with Gasteiger partial charge in [0.15, 0.2) is 5.78 Å². The van der Waals surface area contributed by atoms with E-state index < -0.39 is 43.4 Å². The van der Waals surface area contributed by atoms with Gasteiger partial charge in [-0.3, -0.25) is 9.59 Å². The summed E-state index contributed by atoms with van der Waals surface area (Å²) in [7, 11) is -3.82. The first-order valence-electron chi connectivity index (χ1n) is 12.0. The molecule has 0 spiro atoms. The third-order valence-electron chi connectivity index (χ3n) is 5.84. The number of aromatic nitrogens is 1. The number of ketones is 1. The second-order valence-electron chi connectivity index (χ2n) is 9.86. The van der Waals surface area contributed by atoms with Gasteiger partial charge in [0.25, 0.3) is 5.56 Å². The number of halogens is 1. The molecule has 0 fully saturated rings. The summed E-state index contributed by atoms with van der Waals surface area (Å²) in [5.41, 5.74) is 1.16. The monoisotopic (exact) mass is 561 g/mol. The van der Waals surface area contributed by atoms with Gasteiger partial charge >= 0.3 is 0 Å². The molecule has 0 saturated carbocycles. The zero-order chi connectivity index (χ0) is 28.4. The Labute approximate surface area is 224 Å². The summed E-state index contributed by atoms with van der Waals surface area (Å²) in [6, 6.07) is 9.94. The van der Waals surface area contributed by atoms with Gasteiger partial charge in [-0.25, -0.2) is 26.5 Å². The minimum atomic E-state index is -3.89. The summed E-state index contributed by atoms with van der Waals surface area (Å²) >= 11 is 0. The van der Waals surface area contributed by atoms with Crippen molar-refractivity contribution in [3.63, 3.8) is 0 Å². The minimum Gasteiger partial charge on any atom is -0.318 e. The lowest BCUT2D eigenvalue weighted by atomic mass is 9.90. The molecular formula is C27H32FN3O5S2. The Morgan fingerprint density at radius 2 is 1.71 bits per heavy atom. The van der Waals surface area contributed by atoms with Gasteiger partial charge in [0.1, 0.15) is 5.82 Å². The molecule has 0 amide bonds. The predicted octanol–water partition coefficient (Wildman–Crippen LogP) is 3.83. The maximum atomic E-state index is 13.6. The van der Waals surface area contributed by atoms with Crippen LogP contribution in [0.1, 0.15) is 62.1 Å². The molecule has 2 aromatic carbocycles. The molecule has 0 saturated heterocycles. The molecule has 0 aliphatic carbocycles. The molecular weight excluding hydrogens is 529 g/mol. The van der Waals surface area contributed by atoms with E-state index >= 15 is 0 Å². The summed E-state index contributed by atoms with van der Waals surface area (Å²) in [4.78, 5) is 26.1. The van der Waals surface area contributed by atoms with Crippen molar-refractivity contribution in [2.45, 2.75) is 50.3 Å². The van der Waals surface area contributed by atoms with E-state index in [4.69, 9.17) is 0 Å². The number of nitrogens with one attached hydrogen (secondary N) is 2. The van der Waals surface area contributed by atoms with Crippen molar-refractivity contribution in [3.8, 4) is 11.1 Å². The predicted molar refractivity (Wildman–Crippen MR) is 147 cm³/mol. The van der Waals surface area contributed by atoms with Gasteiger partial charge in [-0.15, -0.1) is 0 Å². The highest BCUT2D eigenvalue weighted by Gasteiger charge is 2.26. The number of hydrogen-bond acceptors (Lipinski definition) is 5. The number of hydrogen-bond donors (Lipinski definition) is 2. The van der Waals surface area contributed by atoms with Gasteiger partial charge in [0.05, 0.1) is 20.6 Å². The van der Waals surface area contributed by atoms with Crippen molar-refractivity contribution in [2.75, 3.05) is 6.54 Å². The van der Waals surface area contributed by atoms with E-state index in [0.29, 0.717) is 11.1 Å². The van der Waals surface area contributed by atoms with Gasteiger partial charge in [-0.2, -0.15) is 0 Å². The summed E-state index contributed by atoms with van der Waals surface area (Å²) in [6.45, 7) is 8.98. The Bertz CT molecular complexity index is 1540. The molecule has 11 heteroatoms. The van der Waals surface area contributed by atoms with Gasteiger partial charge in [-0.1, -0.05) is 6.92 Å². The van der Waals surface area contributed by atoms with E-state index in [0.717, 1.165) is 0 Å². The number of carbonyl (C=O) groups excluding carboxylic acids is 1. The smallest absolute Gasteiger partial charge is 0.250 e. The topological polar surface area (TPSA) is 114 Å². The molecule has 1 heterocycles. The van der Waals surface area contributed by atoms with Gasteiger partial charge < -0.3 is 4.57 Å². The van der Waals surface area contributed by atoms with Crippen molar-refractivity contribution < 1.29 is 21.8 Å². The molecule has 0 unspecified atom stereocenters. The fourth-order valence-corrected chi connectivity index (χ4v) is 5.64. The third-order valence-corrected chi connectivity index (χ3v) is 9.07. The van der Waals surface area contributed by atoms with Crippen LogP contribution in [0.5, 0.6) is 0 Å². The Morgan fingerprint density at radius 3 is 2.29 bits per heavy atom. The van der Waals surface area contributed by atoms with Crippen molar-refractivity contribution >= 4 is 26.8 Å². The van der Waals surface area contributed by atoms with Crippen LogP contribution >= 0.6 is 0 Å². The largest absolute Gasteiger partial charge is 0.318 e. The molecule has 38 heavy (non-hydrogen) atoms. The van der Waals surface area contributed by atoms with Crippen LogP contribution in [-0.2, 0) is 28.1 Å². The van der Waals surface area contributed by atoms with Crippen LogP contribution in [0.2, 0.25) is 0 Å². The second kappa shape index (κ2) is 11.4. The zero-order valence-corrected chi connectivity index (χ0v) is 23.8. The quantitative estimate of drug-likeness (QED) is 0.386. The van der Waals surface area contributed by atoms with E-state index in [2.05, 4.69) is 9.44 Å². The minimum absolute atomic E-state index is 0.0660. The lowest BCUT2D eigenvalue weighted by molar-refractivity contribution is 0.103. The highest BCUT2D eigenvalue weighted by Crippen LogP contribution is 2.33. The van der Waals surface area contributed by atoms with Gasteiger partial charge in [-0.05, 0) is 81.3 Å². The van der Waals surface area contributed by atoms with E-state index in [1.54, 1.807) is 20.9 Å². The number of carbonyl (C=O) groups is 1. The lowest BCUT2D eigenvalue weighted by Crippen LogP contribution is -2.35. The molecule has 0 aliphatic heterocycles. The Hall–Kier alpha value is -2.99. The van der Waals surface area contributed by atoms with E-state index in [-0.39, 0.29) is 33.7 Å². The van der Waals surface area contributed by atoms with Crippen molar-refractivity contribution in [1.82, 2.24) is 14.0 Å². The number of nitrogens with zero attached hydrogens (tertiary/aromatic N) is 1. The first-order valence-corrected chi connectivity index (χ1v) is 14.6. The number of benzene rings is 2. The molecule has 8 nitrogen and oxygen atoms in total. The Balaban J connectivity index is 2.31. The van der Waals surface area contributed by atoms with E-state index in [1.807, 2.05) is 20.8 Å². The Morgan fingerprint density at radius 1 is 1.08 bits per heavy atom. The number of pyridine rings is 1. The SMILES string of the molecule is CCNS(=O)(=O)c1ccc(C(=O)c2ccc(F)cc2)c(-c2cn(C)c(=O)cc2[C@H](C)N[S@@](=O)C(C)(C)C)c1. The molecule has 0 radical (unpaired) electrons. The van der Waals surface area contributed by atoms with E-state index in [1.165, 1.54) is 59.3 Å². The first-order chi connectivity index (χ1) is 17.7. The molecule has 204 valence electrons. The zero-order valence-electron chi connectivity index (χ0n) is 22.2. The van der Waals surface area contributed by atoms with Crippen molar-refractivity contribution in [1.29, 1.82) is 0 Å². The van der Waals surface area contributed by atoms with Gasteiger partial charge in [0, 0.05) is 48.6 Å². The molecule has 3 rings (SSSR count). The molecule has 0 bridgehead atoms. The van der Waals surface area contributed by atoms with E-state index in [9.17, 15) is 26.6 Å². The lowest BCUT2D eigenvalue weighted by Gasteiger charge is -2.24. The summed E-state index contributed by atoms with van der Waals surface area (Å²) < 4.78 is 58.3. The standard InChI is InChI=1S/C27H32FN3O5S2/c1-7-29-38(35,36)20-12-13-21(26(33)18-8-10-19(28)11-9-18)23(14-20)24-16-31(6)25(32)15-22(24)17(2)30-37(34)27(3,4)5/h8-17,29-30H,7H2,1-6H3/t17-,37-/m0/s1. The number of aryl methyl sites for hydroxylation is 1. The molecule has 0 aliphatic rings. The van der Waals surface area contributed by atoms with Crippen LogP contribution in [0.15, 0.2) is 64.4 Å². The van der Waals surface area contributed by atoms with Crippen LogP contribution < -0.4 is 15.0 Å². The maximum absolute atomic E-state index is 13.6. The van der Waals surface area contributed by atoms with Crippen molar-refractivity contribution in [2.24, 2.45) is 7.05 Å². The maximum Gasteiger partial charge on any atom is 0.250 e. The molecule has 2 N–H and O–H groups in total. The van der Waals surface area contributed by atoms with Crippen LogP contribution in [-0.4, -0.2) is 34.3 Å². The average molecular weight is 562 g/mol. The third kappa shape index (κ3) is 6.52. The Kier molecular flexibility index (Phi) is 8.87. The molecule has 2 atom stereocenters. The fourth-order valence-electron chi connectivity index (χ4n) is 3.77. The fraction of sp³-hybridized carbons (Fsp3) is 0.333. The number of rotatable bonds is 9. The van der Waals surface area contributed by atoms with Crippen LogP contribution in [0.4, 0.5) is 4.39 Å². The number of sulfonamides is 1. The van der Waals surface area contributed by atoms with Gasteiger partial charge in [0.2, 0.25) is 10.0 Å². The highest BCUT2D eigenvalue weighted by molar-refractivity contribution is 7.89. The van der Waals surface area contributed by atoms with Crippen LogP contribution in [0.25, 0.3) is 11.1 Å². The molecule has 3 aromatic rings. The average Bonchev–Trinajstić information content (AvgIpc) is 2.84. The summed E-state index contributed by atoms with van der Waals surface area (Å²) in [5, 5.41) is 0. The van der Waals surface area contributed by atoms with Crippen LogP contribution in [0, 0.1) is 5.82 Å². The second-order valence-corrected chi connectivity index (χ2v) is 13.6. The normalized spacial score (nSPS) is 13.8. The molecule has 1 aromatic heterocycles. The summed E-state index contributed by atoms with van der Waals surface area (Å²) in [5.74, 6) is -0.952. The van der Waals surface area contributed by atoms with Crippen molar-refractivity contribution in [3.05, 3.63) is 87.6 Å². The highest BCUT2D eigenvalue weighted by atomic mass is 32.2. The first kappa shape index (κ1) is 29.6.